The average molecular weight is 557 g/mol. The van der Waals surface area contributed by atoms with Gasteiger partial charge >= 0.3 is 0 Å². The van der Waals surface area contributed by atoms with E-state index in [1.807, 2.05) is 44.2 Å². The number of nitrogens with zero attached hydrogens (tertiary/aromatic N) is 2. The fourth-order valence-electron chi connectivity index (χ4n) is 4.73. The largest absolute Gasteiger partial charge is 0.467 e. The molecular formula is C31H32N4O4S. The van der Waals surface area contributed by atoms with Crippen LogP contribution >= 0.6 is 0 Å². The first-order valence-corrected chi connectivity index (χ1v) is 14.5. The van der Waals surface area contributed by atoms with Gasteiger partial charge < -0.3 is 10.1 Å². The van der Waals surface area contributed by atoms with Crippen molar-refractivity contribution >= 4 is 21.9 Å². The summed E-state index contributed by atoms with van der Waals surface area (Å²) in [7, 11) is -4.10. The van der Waals surface area contributed by atoms with Crippen molar-refractivity contribution in [3.8, 4) is 17.1 Å². The Morgan fingerprint density at radius 1 is 0.900 bits per heavy atom. The van der Waals surface area contributed by atoms with Gasteiger partial charge in [-0.05, 0) is 59.7 Å². The summed E-state index contributed by atoms with van der Waals surface area (Å²) in [6.45, 7) is 10.5. The summed E-state index contributed by atoms with van der Waals surface area (Å²) >= 11 is 0. The van der Waals surface area contributed by atoms with Gasteiger partial charge in [-0.2, -0.15) is 4.98 Å². The van der Waals surface area contributed by atoms with Crippen LogP contribution in [-0.4, -0.2) is 30.8 Å². The third-order valence-electron chi connectivity index (χ3n) is 6.91. The van der Waals surface area contributed by atoms with Crippen molar-refractivity contribution in [2.45, 2.75) is 51.0 Å². The number of aryl methyl sites for hydroxylation is 2. The molecule has 1 atom stereocenters. The third kappa shape index (κ3) is 5.70. The van der Waals surface area contributed by atoms with E-state index in [9.17, 15) is 13.2 Å². The second-order valence-electron chi connectivity index (χ2n) is 11.0. The van der Waals surface area contributed by atoms with Gasteiger partial charge in [-0.25, -0.2) is 18.1 Å². The first-order valence-electron chi connectivity index (χ1n) is 13.0. The molecule has 4 bridgehead atoms. The van der Waals surface area contributed by atoms with Crippen LogP contribution in [0.2, 0.25) is 0 Å². The van der Waals surface area contributed by atoms with E-state index in [1.165, 1.54) is 18.2 Å². The molecule has 1 unspecified atom stereocenters. The highest BCUT2D eigenvalue weighted by Gasteiger charge is 2.24. The molecule has 0 radical (unpaired) electrons. The Hall–Kier alpha value is -4.24. The molecule has 40 heavy (non-hydrogen) atoms. The molecule has 9 heteroatoms. The molecule has 2 N–H and O–H groups in total. The molecule has 0 fully saturated rings. The molecule has 3 aromatic carbocycles. The monoisotopic (exact) mass is 556 g/mol. The number of sulfonamides is 1. The van der Waals surface area contributed by atoms with E-state index in [1.54, 1.807) is 12.1 Å². The minimum Gasteiger partial charge on any atom is -0.467 e. The molecular weight excluding hydrogens is 524 g/mol. The molecule has 0 aliphatic carbocycles. The maximum absolute atomic E-state index is 13.3. The number of benzene rings is 3. The average Bonchev–Trinajstić information content (AvgIpc) is 2.90. The Morgan fingerprint density at radius 3 is 2.33 bits per heavy atom. The van der Waals surface area contributed by atoms with Gasteiger partial charge in [-0.1, -0.05) is 69.3 Å². The number of rotatable bonds is 2. The molecule has 206 valence electrons. The lowest BCUT2D eigenvalue weighted by Crippen LogP contribution is -2.31. The van der Waals surface area contributed by atoms with Gasteiger partial charge in [0.2, 0.25) is 11.8 Å². The molecule has 1 aromatic heterocycles. The molecule has 4 aromatic rings. The number of ether oxygens (including phenoxy) is 1. The van der Waals surface area contributed by atoms with Crippen molar-refractivity contribution in [1.82, 2.24) is 15.3 Å². The highest BCUT2D eigenvalue weighted by atomic mass is 32.2. The number of carbonyl (C=O) groups is 1. The zero-order valence-corrected chi connectivity index (χ0v) is 24.0. The van der Waals surface area contributed by atoms with Gasteiger partial charge in [-0.15, -0.1) is 0 Å². The van der Waals surface area contributed by atoms with E-state index in [-0.39, 0.29) is 34.2 Å². The molecule has 1 amide bonds. The second-order valence-corrected chi connectivity index (χ2v) is 12.7. The van der Waals surface area contributed by atoms with Crippen LogP contribution < -0.4 is 14.8 Å². The number of hydrogen-bond donors (Lipinski definition) is 2. The molecule has 0 spiro atoms. The van der Waals surface area contributed by atoms with E-state index in [2.05, 4.69) is 52.9 Å². The summed E-state index contributed by atoms with van der Waals surface area (Å²) in [5.41, 5.74) is 5.42. The Balaban J connectivity index is 1.69. The Bertz CT molecular complexity index is 1690. The fraction of sp³-hybridized carbons (Fsp3) is 0.258. The fourth-order valence-corrected chi connectivity index (χ4v) is 5.72. The molecule has 2 heterocycles. The maximum atomic E-state index is 13.3. The normalized spacial score (nSPS) is 16.8. The predicted molar refractivity (Wildman–Crippen MR) is 155 cm³/mol. The summed E-state index contributed by atoms with van der Waals surface area (Å²) in [6.07, 6.45) is -0.611. The molecule has 5 rings (SSSR count). The molecule has 0 saturated heterocycles. The van der Waals surface area contributed by atoms with Crippen LogP contribution in [0.4, 0.5) is 5.95 Å². The Labute approximate surface area is 234 Å². The van der Waals surface area contributed by atoms with Gasteiger partial charge in [0.05, 0.1) is 17.1 Å². The van der Waals surface area contributed by atoms with Gasteiger partial charge in [-0.3, -0.25) is 4.79 Å². The van der Waals surface area contributed by atoms with Crippen LogP contribution in [0, 0.1) is 13.8 Å². The number of nitrogens with one attached hydrogen (secondary N) is 2. The zero-order valence-electron chi connectivity index (χ0n) is 23.1. The van der Waals surface area contributed by atoms with Crippen molar-refractivity contribution in [2.24, 2.45) is 0 Å². The third-order valence-corrected chi connectivity index (χ3v) is 8.23. The van der Waals surface area contributed by atoms with E-state index in [0.29, 0.717) is 5.69 Å². The number of carbonyl (C=O) groups excluding carboxylic acids is 1. The topological polar surface area (TPSA) is 110 Å². The minimum absolute atomic E-state index is 0.0719. The van der Waals surface area contributed by atoms with E-state index < -0.39 is 22.0 Å². The van der Waals surface area contributed by atoms with E-state index >= 15 is 0 Å². The number of hydrogen-bond acceptors (Lipinski definition) is 6. The lowest BCUT2D eigenvalue weighted by Gasteiger charge is -2.24. The summed E-state index contributed by atoms with van der Waals surface area (Å²) in [4.78, 5) is 22.0. The quantitative estimate of drug-likeness (QED) is 0.327. The van der Waals surface area contributed by atoms with Crippen LogP contribution in [0.1, 0.15) is 59.5 Å². The summed E-state index contributed by atoms with van der Waals surface area (Å²) < 4.78 is 35.6. The molecule has 8 nitrogen and oxygen atoms in total. The SMILES string of the molecule is Cc1cccc(C)c1-c1cc2nc(n1)NS(=O)(=O)c1cccc(c1)C(=O)NCC(c1cccc(C(C)(C)C)c1)O2. The van der Waals surface area contributed by atoms with Gasteiger partial charge in [0.25, 0.3) is 15.9 Å². The maximum Gasteiger partial charge on any atom is 0.264 e. The van der Waals surface area contributed by atoms with Crippen molar-refractivity contribution in [3.63, 3.8) is 0 Å². The summed E-state index contributed by atoms with van der Waals surface area (Å²) in [5, 5.41) is 2.91. The van der Waals surface area contributed by atoms with Gasteiger partial charge in [0.1, 0.15) is 6.10 Å². The number of fused-ring (bicyclic) bond motifs is 4. The number of anilines is 1. The van der Waals surface area contributed by atoms with E-state index in [4.69, 9.17) is 4.74 Å². The lowest BCUT2D eigenvalue weighted by atomic mass is 9.85. The van der Waals surface area contributed by atoms with Crippen molar-refractivity contribution in [2.75, 3.05) is 11.3 Å². The first-order chi connectivity index (χ1) is 18.9. The number of aromatic nitrogens is 2. The van der Waals surface area contributed by atoms with Crippen LogP contribution in [0.25, 0.3) is 11.3 Å². The van der Waals surface area contributed by atoms with Crippen molar-refractivity contribution in [3.05, 3.63) is 101 Å². The van der Waals surface area contributed by atoms with Crippen molar-refractivity contribution in [1.29, 1.82) is 0 Å². The highest BCUT2D eigenvalue weighted by Crippen LogP contribution is 2.32. The molecule has 0 saturated carbocycles. The second kappa shape index (κ2) is 10.4. The number of amides is 1. The lowest BCUT2D eigenvalue weighted by molar-refractivity contribution is 0.0925. The smallest absolute Gasteiger partial charge is 0.264 e. The summed E-state index contributed by atoms with van der Waals surface area (Å²) in [5.74, 6) is -0.358. The highest BCUT2D eigenvalue weighted by molar-refractivity contribution is 7.92. The van der Waals surface area contributed by atoms with Crippen molar-refractivity contribution < 1.29 is 17.9 Å². The zero-order chi connectivity index (χ0) is 28.7. The summed E-state index contributed by atoms with van der Waals surface area (Å²) in [6, 6.07) is 21.5. The van der Waals surface area contributed by atoms with Crippen LogP contribution in [-0.2, 0) is 15.4 Å². The first kappa shape index (κ1) is 27.3. The molecule has 1 aliphatic rings. The van der Waals surface area contributed by atoms with Gasteiger partial charge in [0, 0.05) is 17.2 Å². The Kier molecular flexibility index (Phi) is 7.10. The molecule has 1 aliphatic heterocycles. The van der Waals surface area contributed by atoms with Gasteiger partial charge in [0.15, 0.2) is 0 Å². The standard InChI is InChI=1S/C31H32N4O4S/c1-19-9-6-10-20(2)28(19)25-17-27-34-30(33-25)35-40(37,38)24-14-8-12-22(16-24)29(36)32-18-26(39-27)21-11-7-13-23(15-21)31(3,4)5/h6-17,26H,18H2,1-5H3,(H,32,36)(H,33,34,35). The van der Waals surface area contributed by atoms with E-state index in [0.717, 1.165) is 27.8 Å². The van der Waals surface area contributed by atoms with Crippen LogP contribution in [0.15, 0.2) is 77.7 Å². The predicted octanol–water partition coefficient (Wildman–Crippen LogP) is 5.72. The minimum atomic E-state index is -4.10. The Morgan fingerprint density at radius 2 is 1.60 bits per heavy atom. The van der Waals surface area contributed by atoms with Crippen LogP contribution in [0.3, 0.4) is 0 Å². The van der Waals surface area contributed by atoms with Crippen LogP contribution in [0.5, 0.6) is 5.88 Å².